The normalized spacial score (nSPS) is 13.2. The molecule has 0 heterocycles. The second kappa shape index (κ2) is 8.57. The van der Waals surface area contributed by atoms with Crippen molar-refractivity contribution in [2.75, 3.05) is 26.4 Å². The van der Waals surface area contributed by atoms with E-state index in [0.717, 1.165) is 12.3 Å². The molecule has 0 unspecified atom stereocenters. The van der Waals surface area contributed by atoms with Crippen LogP contribution in [0.25, 0.3) is 0 Å². The number of nitrogens with one attached hydrogen (secondary N) is 1. The van der Waals surface area contributed by atoms with Gasteiger partial charge in [0.15, 0.2) is 0 Å². The van der Waals surface area contributed by atoms with E-state index in [4.69, 9.17) is 0 Å². The van der Waals surface area contributed by atoms with Crippen molar-refractivity contribution in [3.8, 4) is 0 Å². The SMILES string of the molecule is CC(C)N[C@H](CCN(C)C)CSc1ccccc1. The molecule has 18 heavy (non-hydrogen) atoms. The first-order chi connectivity index (χ1) is 8.58. The lowest BCUT2D eigenvalue weighted by Crippen LogP contribution is -2.38. The van der Waals surface area contributed by atoms with Crippen LogP contribution in [-0.2, 0) is 0 Å². The molecule has 3 heteroatoms. The van der Waals surface area contributed by atoms with E-state index in [-0.39, 0.29) is 0 Å². The summed E-state index contributed by atoms with van der Waals surface area (Å²) in [5.41, 5.74) is 0. The third-order valence-corrected chi connectivity index (χ3v) is 3.86. The quantitative estimate of drug-likeness (QED) is 0.728. The molecule has 0 aromatic heterocycles. The molecule has 0 aliphatic heterocycles. The minimum Gasteiger partial charge on any atom is -0.311 e. The molecule has 1 aromatic rings. The maximum atomic E-state index is 3.66. The molecular weight excluding hydrogens is 240 g/mol. The van der Waals surface area contributed by atoms with Crippen LogP contribution >= 0.6 is 11.8 Å². The Kier molecular flexibility index (Phi) is 7.40. The summed E-state index contributed by atoms with van der Waals surface area (Å²) < 4.78 is 0. The highest BCUT2D eigenvalue weighted by Crippen LogP contribution is 2.19. The van der Waals surface area contributed by atoms with Crippen molar-refractivity contribution in [1.82, 2.24) is 10.2 Å². The third-order valence-electron chi connectivity index (χ3n) is 2.69. The molecule has 1 atom stereocenters. The van der Waals surface area contributed by atoms with Gasteiger partial charge in [-0.05, 0) is 39.2 Å². The highest BCUT2D eigenvalue weighted by atomic mass is 32.2. The largest absolute Gasteiger partial charge is 0.311 e. The number of hydrogen-bond acceptors (Lipinski definition) is 3. The number of benzene rings is 1. The fraction of sp³-hybridized carbons (Fsp3) is 0.600. The van der Waals surface area contributed by atoms with E-state index in [1.807, 2.05) is 11.8 Å². The molecule has 0 spiro atoms. The minimum absolute atomic E-state index is 0.550. The number of thioether (sulfide) groups is 1. The zero-order valence-electron chi connectivity index (χ0n) is 12.0. The first-order valence-electron chi connectivity index (χ1n) is 6.66. The Bertz CT molecular complexity index is 312. The second-order valence-electron chi connectivity index (χ2n) is 5.23. The summed E-state index contributed by atoms with van der Waals surface area (Å²) in [6.07, 6.45) is 1.20. The van der Waals surface area contributed by atoms with Gasteiger partial charge in [-0.2, -0.15) is 0 Å². The predicted octanol–water partition coefficient (Wildman–Crippen LogP) is 3.10. The number of rotatable bonds is 8. The van der Waals surface area contributed by atoms with Crippen LogP contribution in [0.15, 0.2) is 35.2 Å². The van der Waals surface area contributed by atoms with E-state index in [1.54, 1.807) is 0 Å². The van der Waals surface area contributed by atoms with Gasteiger partial charge in [-0.3, -0.25) is 0 Å². The van der Waals surface area contributed by atoms with E-state index in [0.29, 0.717) is 12.1 Å². The van der Waals surface area contributed by atoms with E-state index < -0.39 is 0 Å². The van der Waals surface area contributed by atoms with Crippen molar-refractivity contribution in [1.29, 1.82) is 0 Å². The fourth-order valence-electron chi connectivity index (χ4n) is 1.81. The predicted molar refractivity (Wildman–Crippen MR) is 82.4 cm³/mol. The maximum Gasteiger partial charge on any atom is 0.0176 e. The summed E-state index contributed by atoms with van der Waals surface area (Å²) in [5.74, 6) is 1.13. The molecule has 0 saturated heterocycles. The lowest BCUT2D eigenvalue weighted by molar-refractivity contribution is 0.359. The van der Waals surface area contributed by atoms with E-state index in [2.05, 4.69) is 68.5 Å². The zero-order valence-corrected chi connectivity index (χ0v) is 12.8. The maximum absolute atomic E-state index is 3.66. The molecule has 0 aliphatic rings. The average Bonchev–Trinajstić information content (AvgIpc) is 2.33. The van der Waals surface area contributed by atoms with Gasteiger partial charge in [-0.1, -0.05) is 32.0 Å². The van der Waals surface area contributed by atoms with Crippen molar-refractivity contribution in [3.63, 3.8) is 0 Å². The summed E-state index contributed by atoms with van der Waals surface area (Å²) in [7, 11) is 4.27. The average molecular weight is 266 g/mol. The summed E-state index contributed by atoms with van der Waals surface area (Å²) in [6, 6.07) is 11.8. The number of nitrogens with zero attached hydrogens (tertiary/aromatic N) is 1. The molecule has 0 radical (unpaired) electrons. The van der Waals surface area contributed by atoms with E-state index in [1.165, 1.54) is 11.3 Å². The lowest BCUT2D eigenvalue weighted by Gasteiger charge is -2.22. The molecule has 0 amide bonds. The van der Waals surface area contributed by atoms with Crippen LogP contribution in [0.2, 0.25) is 0 Å². The Morgan fingerprint density at radius 1 is 1.17 bits per heavy atom. The molecule has 102 valence electrons. The van der Waals surface area contributed by atoms with Gasteiger partial charge in [0.2, 0.25) is 0 Å². The summed E-state index contributed by atoms with van der Waals surface area (Å²) in [5, 5.41) is 3.66. The Hall–Kier alpha value is -0.510. The molecule has 0 saturated carbocycles. The summed E-state index contributed by atoms with van der Waals surface area (Å²) in [4.78, 5) is 3.61. The Labute approximate surface area is 116 Å². The first kappa shape index (κ1) is 15.5. The first-order valence-corrected chi connectivity index (χ1v) is 7.65. The van der Waals surface area contributed by atoms with Crippen molar-refractivity contribution < 1.29 is 0 Å². The van der Waals surface area contributed by atoms with Crippen molar-refractivity contribution >= 4 is 11.8 Å². The monoisotopic (exact) mass is 266 g/mol. The Morgan fingerprint density at radius 2 is 1.83 bits per heavy atom. The highest BCUT2D eigenvalue weighted by Gasteiger charge is 2.10. The van der Waals surface area contributed by atoms with Crippen LogP contribution in [0.3, 0.4) is 0 Å². The Morgan fingerprint density at radius 3 is 2.39 bits per heavy atom. The topological polar surface area (TPSA) is 15.3 Å². The highest BCUT2D eigenvalue weighted by molar-refractivity contribution is 7.99. The molecular formula is C15H26N2S. The van der Waals surface area contributed by atoms with Gasteiger partial charge in [0.1, 0.15) is 0 Å². The van der Waals surface area contributed by atoms with Crippen LogP contribution in [-0.4, -0.2) is 43.4 Å². The van der Waals surface area contributed by atoms with Crippen LogP contribution in [0.1, 0.15) is 20.3 Å². The summed E-state index contributed by atoms with van der Waals surface area (Å²) >= 11 is 1.94. The van der Waals surface area contributed by atoms with Gasteiger partial charge >= 0.3 is 0 Å². The summed E-state index contributed by atoms with van der Waals surface area (Å²) in [6.45, 7) is 5.57. The van der Waals surface area contributed by atoms with Crippen LogP contribution in [0, 0.1) is 0 Å². The second-order valence-corrected chi connectivity index (χ2v) is 6.33. The molecule has 0 aliphatic carbocycles. The fourth-order valence-corrected chi connectivity index (χ4v) is 2.82. The number of hydrogen-bond donors (Lipinski definition) is 1. The standard InChI is InChI=1S/C15H26N2S/c1-13(2)16-14(10-11-17(3)4)12-18-15-8-6-5-7-9-15/h5-9,13-14,16H,10-12H2,1-4H3/t14-/m1/s1. The van der Waals surface area contributed by atoms with Gasteiger partial charge in [0.05, 0.1) is 0 Å². The Balaban J connectivity index is 2.40. The molecule has 0 fully saturated rings. The van der Waals surface area contributed by atoms with Gasteiger partial charge in [-0.25, -0.2) is 0 Å². The lowest BCUT2D eigenvalue weighted by atomic mass is 10.2. The van der Waals surface area contributed by atoms with Crippen LogP contribution in [0.5, 0.6) is 0 Å². The third kappa shape index (κ3) is 7.04. The molecule has 1 aromatic carbocycles. The van der Waals surface area contributed by atoms with Gasteiger partial charge in [0, 0.05) is 22.7 Å². The van der Waals surface area contributed by atoms with Gasteiger partial charge in [-0.15, -0.1) is 11.8 Å². The smallest absolute Gasteiger partial charge is 0.0176 e. The van der Waals surface area contributed by atoms with Gasteiger partial charge in [0.25, 0.3) is 0 Å². The van der Waals surface area contributed by atoms with Crippen molar-refractivity contribution in [2.45, 2.75) is 37.2 Å². The molecule has 0 bridgehead atoms. The van der Waals surface area contributed by atoms with Crippen molar-refractivity contribution in [3.05, 3.63) is 30.3 Å². The van der Waals surface area contributed by atoms with E-state index >= 15 is 0 Å². The molecule has 2 nitrogen and oxygen atoms in total. The van der Waals surface area contributed by atoms with E-state index in [9.17, 15) is 0 Å². The van der Waals surface area contributed by atoms with Crippen LogP contribution < -0.4 is 5.32 Å². The molecule has 1 rings (SSSR count). The zero-order chi connectivity index (χ0) is 13.4. The minimum atomic E-state index is 0.550. The molecule has 1 N–H and O–H groups in total. The van der Waals surface area contributed by atoms with Gasteiger partial charge < -0.3 is 10.2 Å². The van der Waals surface area contributed by atoms with Crippen molar-refractivity contribution in [2.24, 2.45) is 0 Å². The van der Waals surface area contributed by atoms with Crippen LogP contribution in [0.4, 0.5) is 0 Å².